The van der Waals surface area contributed by atoms with Crippen LogP contribution in [0.3, 0.4) is 0 Å². The highest BCUT2D eigenvalue weighted by atomic mass is 31.2. The fraction of sp³-hybridized carbons (Fsp3) is 0.576. The maximum absolute atomic E-state index is 15.2. The molecule has 1 saturated heterocycles. The van der Waals surface area contributed by atoms with Crippen LogP contribution in [-0.4, -0.2) is 74.4 Å². The van der Waals surface area contributed by atoms with E-state index in [9.17, 15) is 19.2 Å². The van der Waals surface area contributed by atoms with Crippen molar-refractivity contribution in [2.45, 2.75) is 224 Å². The molecule has 0 saturated carbocycles. The largest absolute Gasteiger partial charge is 0.477 e. The predicted octanol–water partition coefficient (Wildman–Crippen LogP) is 17.4. The Kier molecular flexibility index (Phi) is 32.9. The highest BCUT2D eigenvalue weighted by Crippen LogP contribution is 2.53. The Hall–Kier alpha value is -5.17. The third-order valence-corrected chi connectivity index (χ3v) is 15.9. The lowest BCUT2D eigenvalue weighted by molar-refractivity contribution is -0.279. The fourth-order valence-corrected chi connectivity index (χ4v) is 11.1. The van der Waals surface area contributed by atoms with Gasteiger partial charge in [-0.15, -0.1) is 0 Å². The number of benzene rings is 4. The van der Waals surface area contributed by atoms with E-state index >= 15 is 4.57 Å². The standard InChI is InChI=1S/C66H93O13P/c1-3-5-7-9-11-13-15-17-19-21-23-25-27-41-51-73-80(71,74-52-42-28-26-24-22-20-18-16-14-12-10-8-6-4-2)79-66-61(78-65(70)57-49-39-32-40-50-57)60(77-64(69)56-47-37-31-38-48-56)59(76-63(68)55-45-35-30-36-46-55)58(75-66)53-72-62(67)54-43-33-29-34-44-54/h29-40,43-50,58-61,66H,3-28,41-42,51-53H2,1-2H3/t58-,59-,60+,61-,66+/m1/s1. The van der Waals surface area contributed by atoms with Gasteiger partial charge in [0.2, 0.25) is 6.29 Å². The molecule has 14 heteroatoms. The van der Waals surface area contributed by atoms with Gasteiger partial charge < -0.3 is 23.7 Å². The molecule has 0 radical (unpaired) electrons. The van der Waals surface area contributed by atoms with E-state index < -0.39 is 69.0 Å². The van der Waals surface area contributed by atoms with Gasteiger partial charge in [0, 0.05) is 0 Å². The zero-order chi connectivity index (χ0) is 56.7. The molecule has 5 atom stereocenters. The van der Waals surface area contributed by atoms with E-state index in [-0.39, 0.29) is 35.5 Å². The normalized spacial score (nSPS) is 17.1. The molecule has 5 rings (SSSR count). The third-order valence-electron chi connectivity index (χ3n) is 14.5. The maximum Gasteiger partial charge on any atom is 0.477 e. The number of rotatable bonds is 43. The summed E-state index contributed by atoms with van der Waals surface area (Å²) in [5, 5.41) is 0. The Balaban J connectivity index is 1.37. The number of ether oxygens (including phenoxy) is 5. The summed E-state index contributed by atoms with van der Waals surface area (Å²) in [6.07, 6.45) is 24.0. The number of phosphoric ester groups is 1. The Morgan fingerprint density at radius 2 is 0.662 bits per heavy atom. The first-order chi connectivity index (χ1) is 39.2. The van der Waals surface area contributed by atoms with Crippen LogP contribution in [-0.2, 0) is 41.8 Å². The summed E-state index contributed by atoms with van der Waals surface area (Å²) in [5.41, 5.74) is 0.634. The molecule has 1 aliphatic rings. The van der Waals surface area contributed by atoms with Crippen molar-refractivity contribution in [1.29, 1.82) is 0 Å². The topological polar surface area (TPSA) is 159 Å². The quantitative estimate of drug-likeness (QED) is 0.0178. The van der Waals surface area contributed by atoms with E-state index in [1.54, 1.807) is 97.1 Å². The number of hydrogen-bond donors (Lipinski definition) is 0. The second kappa shape index (κ2) is 40.1. The minimum Gasteiger partial charge on any atom is -0.459 e. The molecule has 0 spiro atoms. The van der Waals surface area contributed by atoms with Crippen molar-refractivity contribution in [3.05, 3.63) is 144 Å². The van der Waals surface area contributed by atoms with Crippen LogP contribution in [0.4, 0.5) is 0 Å². The minimum atomic E-state index is -4.61. The lowest BCUT2D eigenvalue weighted by Gasteiger charge is -2.44. The van der Waals surface area contributed by atoms with E-state index in [1.165, 1.54) is 140 Å². The summed E-state index contributed by atoms with van der Waals surface area (Å²) in [5.74, 6) is -3.32. The first-order valence-corrected chi connectivity index (χ1v) is 31.9. The maximum atomic E-state index is 15.2. The number of hydrogen-bond acceptors (Lipinski definition) is 13. The molecule has 13 nitrogen and oxygen atoms in total. The highest BCUT2D eigenvalue weighted by Gasteiger charge is 2.55. The molecule has 0 unspecified atom stereocenters. The number of esters is 4. The van der Waals surface area contributed by atoms with Gasteiger partial charge in [0.05, 0.1) is 35.5 Å². The van der Waals surface area contributed by atoms with Gasteiger partial charge in [-0.3, -0.25) is 13.6 Å². The second-order valence-electron chi connectivity index (χ2n) is 21.1. The Labute approximate surface area is 478 Å². The van der Waals surface area contributed by atoms with Gasteiger partial charge in [-0.05, 0) is 61.4 Å². The molecule has 0 amide bonds. The Bertz CT molecular complexity index is 2280. The summed E-state index contributed by atoms with van der Waals surface area (Å²) in [7, 11) is -4.61. The van der Waals surface area contributed by atoms with Crippen LogP contribution < -0.4 is 0 Å². The Morgan fingerprint density at radius 3 is 1.00 bits per heavy atom. The average molecular weight is 1130 g/mol. The molecular formula is C66H93O13P. The van der Waals surface area contributed by atoms with E-state index in [0.717, 1.165) is 51.4 Å². The SMILES string of the molecule is CCCCCCCCCCCCCCCCOP(=O)(OCCCCCCCCCCCCCCCC)O[C@@H]1O[C@H](COC(=O)c2ccccc2)[C@@H](OC(=O)c2ccccc2)[C@H](OC(=O)c2ccccc2)[C@H]1OC(=O)c1ccccc1. The van der Waals surface area contributed by atoms with Crippen molar-refractivity contribution in [3.8, 4) is 0 Å². The van der Waals surface area contributed by atoms with Crippen LogP contribution in [0.15, 0.2) is 121 Å². The lowest BCUT2D eigenvalue weighted by atomic mass is 9.97. The number of carbonyl (C=O) groups excluding carboxylic acids is 4. The van der Waals surface area contributed by atoms with Gasteiger partial charge in [-0.2, -0.15) is 0 Å². The minimum absolute atomic E-state index is 0.0249. The van der Waals surface area contributed by atoms with Crippen molar-refractivity contribution in [2.75, 3.05) is 19.8 Å². The molecular weight excluding hydrogens is 1030 g/mol. The Morgan fingerprint density at radius 1 is 0.375 bits per heavy atom. The van der Waals surface area contributed by atoms with Crippen molar-refractivity contribution >= 4 is 31.7 Å². The summed E-state index contributed by atoms with van der Waals surface area (Å²) in [6, 6.07) is 32.6. The van der Waals surface area contributed by atoms with Crippen LogP contribution >= 0.6 is 7.82 Å². The van der Waals surface area contributed by atoms with Gasteiger partial charge in [0.1, 0.15) is 12.7 Å². The zero-order valence-electron chi connectivity index (χ0n) is 48.1. The first kappa shape index (κ1) is 65.6. The van der Waals surface area contributed by atoms with Gasteiger partial charge in [0.15, 0.2) is 18.3 Å². The molecule has 4 aromatic rings. The monoisotopic (exact) mass is 1120 g/mol. The first-order valence-electron chi connectivity index (χ1n) is 30.4. The zero-order valence-corrected chi connectivity index (χ0v) is 49.0. The van der Waals surface area contributed by atoms with Gasteiger partial charge in [-0.1, -0.05) is 254 Å². The summed E-state index contributed by atoms with van der Waals surface area (Å²) in [6.45, 7) is 3.96. The van der Waals surface area contributed by atoms with Crippen molar-refractivity contribution in [2.24, 2.45) is 0 Å². The summed E-state index contributed by atoms with van der Waals surface area (Å²) < 4.78 is 64.9. The van der Waals surface area contributed by atoms with E-state index in [1.807, 2.05) is 0 Å². The van der Waals surface area contributed by atoms with Gasteiger partial charge >= 0.3 is 31.7 Å². The van der Waals surface area contributed by atoms with Crippen LogP contribution in [0.5, 0.6) is 0 Å². The lowest BCUT2D eigenvalue weighted by Crippen LogP contribution is -2.63. The molecule has 440 valence electrons. The van der Waals surface area contributed by atoms with Crippen molar-refractivity contribution in [1.82, 2.24) is 0 Å². The van der Waals surface area contributed by atoms with Crippen molar-refractivity contribution in [3.63, 3.8) is 0 Å². The molecule has 1 heterocycles. The van der Waals surface area contributed by atoms with Crippen LogP contribution in [0.2, 0.25) is 0 Å². The third kappa shape index (κ3) is 25.7. The van der Waals surface area contributed by atoms with E-state index in [4.69, 9.17) is 37.3 Å². The average Bonchev–Trinajstić information content (AvgIpc) is 3.51. The summed E-state index contributed by atoms with van der Waals surface area (Å²) >= 11 is 0. The van der Waals surface area contributed by atoms with Crippen molar-refractivity contribution < 1.29 is 61.0 Å². The van der Waals surface area contributed by atoms with Gasteiger partial charge in [0.25, 0.3) is 0 Å². The number of phosphoric acid groups is 1. The summed E-state index contributed by atoms with van der Waals surface area (Å²) in [4.78, 5) is 56.0. The molecule has 0 aromatic heterocycles. The van der Waals surface area contributed by atoms with Crippen LogP contribution in [0.25, 0.3) is 0 Å². The predicted molar refractivity (Wildman–Crippen MR) is 314 cm³/mol. The van der Waals surface area contributed by atoms with E-state index in [0.29, 0.717) is 12.8 Å². The number of unbranched alkanes of at least 4 members (excludes halogenated alkanes) is 26. The van der Waals surface area contributed by atoms with Gasteiger partial charge in [-0.25, -0.2) is 23.7 Å². The van der Waals surface area contributed by atoms with E-state index in [2.05, 4.69) is 13.8 Å². The van der Waals surface area contributed by atoms with Crippen LogP contribution in [0, 0.1) is 0 Å². The second-order valence-corrected chi connectivity index (χ2v) is 22.7. The smallest absolute Gasteiger partial charge is 0.459 e. The molecule has 4 aromatic carbocycles. The molecule has 80 heavy (non-hydrogen) atoms. The molecule has 1 aliphatic heterocycles. The number of carbonyl (C=O) groups is 4. The molecule has 0 bridgehead atoms. The fourth-order valence-electron chi connectivity index (χ4n) is 9.78. The van der Waals surface area contributed by atoms with Crippen LogP contribution in [0.1, 0.15) is 235 Å². The molecule has 0 N–H and O–H groups in total. The molecule has 0 aliphatic carbocycles. The highest BCUT2D eigenvalue weighted by molar-refractivity contribution is 7.48. The molecule has 1 fully saturated rings.